The molecule has 0 unspecified atom stereocenters. The van der Waals surface area contributed by atoms with Crippen LogP contribution < -0.4 is 0 Å². The summed E-state index contributed by atoms with van der Waals surface area (Å²) in [7, 11) is 0. The summed E-state index contributed by atoms with van der Waals surface area (Å²) in [6.45, 7) is 11.9. The van der Waals surface area contributed by atoms with E-state index >= 15 is 0 Å². The van der Waals surface area contributed by atoms with Crippen molar-refractivity contribution in [2.75, 3.05) is 13.1 Å². The Labute approximate surface area is 167 Å². The molecule has 1 amide bonds. The summed E-state index contributed by atoms with van der Waals surface area (Å²) in [6.07, 6.45) is 3.85. The number of hydrogen-bond donors (Lipinski definition) is 0. The van der Waals surface area contributed by atoms with Crippen molar-refractivity contribution in [1.82, 2.24) is 19.7 Å². The zero-order chi connectivity index (χ0) is 20.3. The van der Waals surface area contributed by atoms with E-state index in [1.807, 2.05) is 22.6 Å². The van der Waals surface area contributed by atoms with Gasteiger partial charge in [-0.2, -0.15) is 5.10 Å². The number of fused-ring (bicyclic) bond motifs is 1. The monoisotopic (exact) mass is 378 g/mol. The minimum atomic E-state index is 0.0556. The van der Waals surface area contributed by atoms with Crippen molar-refractivity contribution in [1.29, 1.82) is 0 Å². The molecule has 0 aliphatic rings. The van der Waals surface area contributed by atoms with Gasteiger partial charge in [0.2, 0.25) is 0 Å². The fraction of sp³-hybridized carbons (Fsp3) is 0.435. The molecule has 5 heteroatoms. The molecule has 0 N–H and O–H groups in total. The predicted octanol–water partition coefficient (Wildman–Crippen LogP) is 5.25. The minimum absolute atomic E-state index is 0.0556. The largest absolute Gasteiger partial charge is 0.339 e. The molecule has 2 aromatic heterocycles. The molecular formula is C23H30N4O. The van der Waals surface area contributed by atoms with Gasteiger partial charge in [-0.3, -0.25) is 4.79 Å². The van der Waals surface area contributed by atoms with Crippen molar-refractivity contribution >= 4 is 16.9 Å². The Bertz CT molecular complexity index is 957. The molecule has 0 saturated heterocycles. The summed E-state index contributed by atoms with van der Waals surface area (Å²) < 4.78 is 1.89. The fourth-order valence-electron chi connectivity index (χ4n) is 3.37. The van der Waals surface area contributed by atoms with E-state index in [2.05, 4.69) is 57.1 Å². The van der Waals surface area contributed by atoms with Crippen LogP contribution in [0.25, 0.3) is 22.3 Å². The van der Waals surface area contributed by atoms with Crippen molar-refractivity contribution in [3.8, 4) is 11.3 Å². The number of hydrogen-bond acceptors (Lipinski definition) is 3. The van der Waals surface area contributed by atoms with Gasteiger partial charge < -0.3 is 4.90 Å². The summed E-state index contributed by atoms with van der Waals surface area (Å²) in [5.41, 5.74) is 4.47. The molecule has 0 aliphatic heterocycles. The van der Waals surface area contributed by atoms with Crippen LogP contribution in [0.5, 0.6) is 0 Å². The molecule has 0 spiro atoms. The summed E-state index contributed by atoms with van der Waals surface area (Å²) in [4.78, 5) is 20.2. The average molecular weight is 379 g/mol. The van der Waals surface area contributed by atoms with Crippen LogP contribution in [0.15, 0.2) is 36.5 Å². The summed E-state index contributed by atoms with van der Waals surface area (Å²) >= 11 is 0. The van der Waals surface area contributed by atoms with Gasteiger partial charge in [-0.1, -0.05) is 43.2 Å². The number of pyridine rings is 1. The summed E-state index contributed by atoms with van der Waals surface area (Å²) in [6, 6.07) is 10.4. The van der Waals surface area contributed by atoms with Crippen LogP contribution in [0.1, 0.15) is 62.5 Å². The van der Waals surface area contributed by atoms with Gasteiger partial charge in [-0.15, -0.1) is 0 Å². The molecule has 3 rings (SSSR count). The topological polar surface area (TPSA) is 51.0 Å². The Hall–Kier alpha value is -2.69. The lowest BCUT2D eigenvalue weighted by Crippen LogP contribution is -2.32. The minimum Gasteiger partial charge on any atom is -0.339 e. The fourth-order valence-corrected chi connectivity index (χ4v) is 3.37. The molecule has 0 bridgehead atoms. The molecule has 0 saturated carbocycles. The predicted molar refractivity (Wildman–Crippen MR) is 115 cm³/mol. The molecule has 2 heterocycles. The zero-order valence-corrected chi connectivity index (χ0v) is 17.6. The number of aromatic nitrogens is 3. The van der Waals surface area contributed by atoms with Crippen molar-refractivity contribution < 1.29 is 4.79 Å². The Balaban J connectivity index is 2.17. The number of unbranched alkanes of at least 4 members (excludes halogenated alkanes) is 1. The highest BCUT2D eigenvalue weighted by atomic mass is 16.2. The Morgan fingerprint density at radius 2 is 1.89 bits per heavy atom. The van der Waals surface area contributed by atoms with E-state index in [4.69, 9.17) is 4.98 Å². The third-order valence-corrected chi connectivity index (χ3v) is 5.08. The third-order valence-electron chi connectivity index (χ3n) is 5.08. The number of carbonyl (C=O) groups is 1. The number of nitrogens with zero attached hydrogens (tertiary/aromatic N) is 4. The van der Waals surface area contributed by atoms with Gasteiger partial charge in [0.1, 0.15) is 0 Å². The number of amides is 1. The Morgan fingerprint density at radius 3 is 2.50 bits per heavy atom. The number of benzene rings is 1. The van der Waals surface area contributed by atoms with Crippen LogP contribution in [0.4, 0.5) is 0 Å². The quantitative estimate of drug-likeness (QED) is 0.564. The molecule has 148 valence electrons. The van der Waals surface area contributed by atoms with Crippen LogP contribution in [-0.4, -0.2) is 38.7 Å². The molecule has 0 radical (unpaired) electrons. The first-order chi connectivity index (χ1) is 13.5. The molecule has 0 atom stereocenters. The van der Waals surface area contributed by atoms with Gasteiger partial charge in [0.05, 0.1) is 22.8 Å². The van der Waals surface area contributed by atoms with E-state index in [9.17, 15) is 4.79 Å². The average Bonchev–Trinajstić information content (AvgIpc) is 3.12. The lowest BCUT2D eigenvalue weighted by Gasteiger charge is -2.21. The van der Waals surface area contributed by atoms with Crippen molar-refractivity contribution in [3.05, 3.63) is 47.7 Å². The normalized spacial score (nSPS) is 11.4. The summed E-state index contributed by atoms with van der Waals surface area (Å²) in [5, 5.41) is 5.34. The first-order valence-electron chi connectivity index (χ1n) is 10.2. The molecule has 3 aromatic rings. The third kappa shape index (κ3) is 3.93. The highest BCUT2D eigenvalue weighted by Gasteiger charge is 2.21. The van der Waals surface area contributed by atoms with E-state index in [1.54, 1.807) is 6.20 Å². The van der Waals surface area contributed by atoms with Gasteiger partial charge in [-0.05, 0) is 40.2 Å². The maximum Gasteiger partial charge on any atom is 0.254 e. The van der Waals surface area contributed by atoms with Gasteiger partial charge in [0, 0.05) is 24.7 Å². The van der Waals surface area contributed by atoms with Gasteiger partial charge in [0.15, 0.2) is 5.65 Å². The number of rotatable bonds is 7. The second-order valence-corrected chi connectivity index (χ2v) is 7.58. The molecule has 5 nitrogen and oxygen atoms in total. The van der Waals surface area contributed by atoms with E-state index in [0.717, 1.165) is 41.7 Å². The lowest BCUT2D eigenvalue weighted by molar-refractivity contribution is 0.0764. The molecule has 28 heavy (non-hydrogen) atoms. The van der Waals surface area contributed by atoms with Gasteiger partial charge in [0.25, 0.3) is 5.91 Å². The highest BCUT2D eigenvalue weighted by molar-refractivity contribution is 6.06. The standard InChI is InChI=1S/C23H30N4O/c1-6-8-13-26(7-2)23(28)19-14-21(18-11-9-17(5)10-12-18)25-22-20(19)15-24-27(22)16(3)4/h9-12,14-16H,6-8,13H2,1-5H3. The van der Waals surface area contributed by atoms with Crippen LogP contribution in [-0.2, 0) is 0 Å². The number of aryl methyl sites for hydroxylation is 1. The second-order valence-electron chi connectivity index (χ2n) is 7.58. The molecule has 0 aliphatic carbocycles. The summed E-state index contributed by atoms with van der Waals surface area (Å²) in [5.74, 6) is 0.0556. The first kappa shape index (κ1) is 20.1. The van der Waals surface area contributed by atoms with Gasteiger partial charge >= 0.3 is 0 Å². The van der Waals surface area contributed by atoms with E-state index in [0.29, 0.717) is 12.1 Å². The van der Waals surface area contributed by atoms with Crippen molar-refractivity contribution in [2.24, 2.45) is 0 Å². The van der Waals surface area contributed by atoms with E-state index < -0.39 is 0 Å². The highest BCUT2D eigenvalue weighted by Crippen LogP contribution is 2.27. The number of carbonyl (C=O) groups excluding carboxylic acids is 1. The maximum atomic E-state index is 13.4. The smallest absolute Gasteiger partial charge is 0.254 e. The van der Waals surface area contributed by atoms with Crippen LogP contribution >= 0.6 is 0 Å². The Kier molecular flexibility index (Phi) is 6.12. The van der Waals surface area contributed by atoms with Crippen LogP contribution in [0.3, 0.4) is 0 Å². The van der Waals surface area contributed by atoms with E-state index in [1.165, 1.54) is 5.56 Å². The Morgan fingerprint density at radius 1 is 1.18 bits per heavy atom. The van der Waals surface area contributed by atoms with Crippen molar-refractivity contribution in [2.45, 2.75) is 53.5 Å². The van der Waals surface area contributed by atoms with Crippen LogP contribution in [0, 0.1) is 6.92 Å². The van der Waals surface area contributed by atoms with Crippen molar-refractivity contribution in [3.63, 3.8) is 0 Å². The maximum absolute atomic E-state index is 13.4. The zero-order valence-electron chi connectivity index (χ0n) is 17.6. The second kappa shape index (κ2) is 8.55. The molecule has 1 aromatic carbocycles. The molecule has 0 fully saturated rings. The lowest BCUT2D eigenvalue weighted by atomic mass is 10.0. The van der Waals surface area contributed by atoms with Gasteiger partial charge in [-0.25, -0.2) is 9.67 Å². The van der Waals surface area contributed by atoms with E-state index in [-0.39, 0.29) is 11.9 Å². The molecular weight excluding hydrogens is 348 g/mol. The SMILES string of the molecule is CCCCN(CC)C(=O)c1cc(-c2ccc(C)cc2)nc2c1cnn2C(C)C. The first-order valence-corrected chi connectivity index (χ1v) is 10.2. The van der Waals surface area contributed by atoms with Crippen LogP contribution in [0.2, 0.25) is 0 Å².